The van der Waals surface area contributed by atoms with Crippen molar-refractivity contribution < 1.29 is 24.2 Å². The molecule has 7 heteroatoms. The molecule has 2 amide bonds. The molecule has 4 rings (SSSR count). The lowest BCUT2D eigenvalue weighted by atomic mass is 9.98. The van der Waals surface area contributed by atoms with Crippen molar-refractivity contribution in [1.82, 2.24) is 10.2 Å². The maximum atomic E-state index is 12.2. The van der Waals surface area contributed by atoms with Gasteiger partial charge in [-0.15, -0.1) is 0 Å². The van der Waals surface area contributed by atoms with Crippen LogP contribution in [0.25, 0.3) is 11.1 Å². The Balaban J connectivity index is 1.27. The number of likely N-dealkylation sites (tertiary alicyclic amines) is 1. The molecule has 2 atom stereocenters. The van der Waals surface area contributed by atoms with Crippen LogP contribution in [0, 0.1) is 23.7 Å². The van der Waals surface area contributed by atoms with Crippen LogP contribution in [-0.2, 0) is 14.3 Å². The fourth-order valence-corrected chi connectivity index (χ4v) is 4.42. The predicted molar refractivity (Wildman–Crippen MR) is 118 cm³/mol. The molecule has 1 heterocycles. The summed E-state index contributed by atoms with van der Waals surface area (Å²) in [6, 6.07) is 16.2. The lowest BCUT2D eigenvalue weighted by Gasteiger charge is -2.14. The van der Waals surface area contributed by atoms with Crippen LogP contribution in [0.5, 0.6) is 0 Å². The number of rotatable bonds is 4. The summed E-state index contributed by atoms with van der Waals surface area (Å²) in [5.41, 5.74) is 4.57. The van der Waals surface area contributed by atoms with Gasteiger partial charge in [0, 0.05) is 19.0 Å². The van der Waals surface area contributed by atoms with Crippen molar-refractivity contribution in [2.24, 2.45) is 11.8 Å². The highest BCUT2D eigenvalue weighted by atomic mass is 16.5. The number of nitrogens with zero attached hydrogens (tertiary/aromatic N) is 1. The molecule has 1 aliphatic carbocycles. The lowest BCUT2D eigenvalue weighted by Crippen LogP contribution is -2.29. The first-order valence-electron chi connectivity index (χ1n) is 10.5. The highest BCUT2D eigenvalue weighted by molar-refractivity contribution is 5.94. The van der Waals surface area contributed by atoms with Gasteiger partial charge in [0.1, 0.15) is 6.61 Å². The van der Waals surface area contributed by atoms with E-state index in [1.807, 2.05) is 36.4 Å². The monoisotopic (exact) mass is 432 g/mol. The first kappa shape index (κ1) is 21.4. The van der Waals surface area contributed by atoms with Crippen molar-refractivity contribution in [2.45, 2.75) is 12.8 Å². The van der Waals surface area contributed by atoms with Gasteiger partial charge in [-0.25, -0.2) is 4.79 Å². The minimum atomic E-state index is -0.905. The number of hydrogen-bond donors (Lipinski definition) is 2. The Hall–Kier alpha value is -3.79. The molecule has 0 radical (unpaired) electrons. The first-order valence-corrected chi connectivity index (χ1v) is 10.5. The van der Waals surface area contributed by atoms with Gasteiger partial charge in [0.2, 0.25) is 0 Å². The molecule has 1 fully saturated rings. The molecule has 32 heavy (non-hydrogen) atoms. The number of amides is 2. The zero-order chi connectivity index (χ0) is 22.7. The van der Waals surface area contributed by atoms with Gasteiger partial charge in [0.15, 0.2) is 0 Å². The summed E-state index contributed by atoms with van der Waals surface area (Å²) >= 11 is 0. The summed E-state index contributed by atoms with van der Waals surface area (Å²) in [5, 5.41) is 11.7. The van der Waals surface area contributed by atoms with Crippen molar-refractivity contribution in [3.8, 4) is 23.0 Å². The molecule has 1 saturated heterocycles. The van der Waals surface area contributed by atoms with E-state index in [0.29, 0.717) is 6.54 Å². The number of carboxylic acids is 1. The van der Waals surface area contributed by atoms with Crippen LogP contribution in [0.2, 0.25) is 0 Å². The summed E-state index contributed by atoms with van der Waals surface area (Å²) < 4.78 is 5.42. The number of carboxylic acid groups (broad SMARTS) is 1. The summed E-state index contributed by atoms with van der Waals surface area (Å²) in [5.74, 6) is 3.02. The number of hydrogen-bond acceptors (Lipinski definition) is 4. The van der Waals surface area contributed by atoms with Crippen LogP contribution >= 0.6 is 0 Å². The SMILES string of the molecule is C[C@@H]1CN(C(=O)C#CCNC(=O)OCC2c3ccccc3-c3ccccc32)C[C@H]1C(=O)O. The van der Waals surface area contributed by atoms with Gasteiger partial charge < -0.3 is 20.1 Å². The van der Waals surface area contributed by atoms with Crippen LogP contribution in [-0.4, -0.2) is 54.2 Å². The Morgan fingerprint density at radius 2 is 1.69 bits per heavy atom. The number of alkyl carbamates (subject to hydrolysis) is 1. The minimum Gasteiger partial charge on any atom is -0.481 e. The minimum absolute atomic E-state index is 0.0276. The van der Waals surface area contributed by atoms with E-state index in [-0.39, 0.29) is 31.5 Å². The maximum absolute atomic E-state index is 12.2. The molecule has 0 bridgehead atoms. The molecular weight excluding hydrogens is 408 g/mol. The second-order valence-electron chi connectivity index (χ2n) is 8.11. The Morgan fingerprint density at radius 1 is 1.06 bits per heavy atom. The number of benzene rings is 2. The summed E-state index contributed by atoms with van der Waals surface area (Å²) in [6.07, 6.45) is -0.602. The standard InChI is InChI=1S/C25H24N2O5/c1-16-13-27(14-21(16)24(29)30)23(28)11-6-12-26-25(31)32-15-22-19-9-4-2-7-17(19)18-8-3-5-10-20(18)22/h2-5,7-10,16,21-22H,12-15H2,1H3,(H,26,31)(H,29,30)/t16-,21-/m1/s1. The lowest BCUT2D eigenvalue weighted by molar-refractivity contribution is -0.142. The predicted octanol–water partition coefficient (Wildman–Crippen LogP) is 2.71. The highest BCUT2D eigenvalue weighted by Crippen LogP contribution is 2.44. The number of fused-ring (bicyclic) bond motifs is 3. The summed E-state index contributed by atoms with van der Waals surface area (Å²) in [6.45, 7) is 2.49. The van der Waals surface area contributed by atoms with E-state index in [9.17, 15) is 14.4 Å². The normalized spacial score (nSPS) is 18.8. The molecule has 0 saturated carbocycles. The maximum Gasteiger partial charge on any atom is 0.407 e. The Bertz CT molecular complexity index is 1070. The van der Waals surface area contributed by atoms with Crippen molar-refractivity contribution in [1.29, 1.82) is 0 Å². The van der Waals surface area contributed by atoms with E-state index in [1.54, 1.807) is 6.92 Å². The van der Waals surface area contributed by atoms with Crippen LogP contribution in [0.1, 0.15) is 24.0 Å². The molecule has 2 aromatic rings. The van der Waals surface area contributed by atoms with Gasteiger partial charge in [0.05, 0.1) is 12.5 Å². The number of carbonyl (C=O) groups is 3. The average Bonchev–Trinajstić information content (AvgIpc) is 3.33. The third kappa shape index (κ3) is 4.30. The number of aliphatic carboxylic acids is 1. The van der Waals surface area contributed by atoms with E-state index < -0.39 is 23.9 Å². The topological polar surface area (TPSA) is 95.9 Å². The quantitative estimate of drug-likeness (QED) is 0.725. The second kappa shape index (κ2) is 9.15. The van der Waals surface area contributed by atoms with Crippen molar-refractivity contribution in [3.63, 3.8) is 0 Å². The van der Waals surface area contributed by atoms with E-state index >= 15 is 0 Å². The third-order valence-corrected chi connectivity index (χ3v) is 6.08. The number of nitrogens with one attached hydrogen (secondary N) is 1. The Morgan fingerprint density at radius 3 is 2.28 bits per heavy atom. The molecule has 164 valence electrons. The van der Waals surface area contributed by atoms with Gasteiger partial charge in [-0.2, -0.15) is 0 Å². The molecule has 0 unspecified atom stereocenters. The van der Waals surface area contributed by atoms with E-state index in [2.05, 4.69) is 29.3 Å². The zero-order valence-corrected chi connectivity index (χ0v) is 17.7. The van der Waals surface area contributed by atoms with Crippen molar-refractivity contribution in [2.75, 3.05) is 26.2 Å². The third-order valence-electron chi connectivity index (χ3n) is 6.08. The van der Waals surface area contributed by atoms with Gasteiger partial charge in [0.25, 0.3) is 5.91 Å². The van der Waals surface area contributed by atoms with E-state index in [1.165, 1.54) is 4.90 Å². The molecule has 0 spiro atoms. The summed E-state index contributed by atoms with van der Waals surface area (Å²) in [7, 11) is 0. The molecule has 2 aliphatic rings. The second-order valence-corrected chi connectivity index (χ2v) is 8.11. The smallest absolute Gasteiger partial charge is 0.407 e. The van der Waals surface area contributed by atoms with Crippen LogP contribution < -0.4 is 5.32 Å². The molecular formula is C25H24N2O5. The molecule has 0 aromatic heterocycles. The van der Waals surface area contributed by atoms with Crippen LogP contribution in [0.4, 0.5) is 4.79 Å². The molecule has 2 N–H and O–H groups in total. The number of ether oxygens (including phenoxy) is 1. The summed E-state index contributed by atoms with van der Waals surface area (Å²) in [4.78, 5) is 36.9. The van der Waals surface area contributed by atoms with Crippen molar-refractivity contribution in [3.05, 3.63) is 59.7 Å². The van der Waals surface area contributed by atoms with E-state index in [0.717, 1.165) is 22.3 Å². The fourth-order valence-electron chi connectivity index (χ4n) is 4.42. The van der Waals surface area contributed by atoms with Gasteiger partial charge in [-0.3, -0.25) is 9.59 Å². The molecule has 1 aliphatic heterocycles. The molecule has 2 aromatic carbocycles. The van der Waals surface area contributed by atoms with Crippen LogP contribution in [0.3, 0.4) is 0 Å². The largest absolute Gasteiger partial charge is 0.481 e. The Labute approximate surface area is 186 Å². The van der Waals surface area contributed by atoms with Gasteiger partial charge in [-0.05, 0) is 34.1 Å². The first-order chi connectivity index (χ1) is 15.5. The zero-order valence-electron chi connectivity index (χ0n) is 17.7. The molecule has 7 nitrogen and oxygen atoms in total. The Kier molecular flexibility index (Phi) is 6.13. The average molecular weight is 432 g/mol. The van der Waals surface area contributed by atoms with Crippen LogP contribution in [0.15, 0.2) is 48.5 Å². The van der Waals surface area contributed by atoms with Crippen molar-refractivity contribution >= 4 is 18.0 Å². The van der Waals surface area contributed by atoms with E-state index in [4.69, 9.17) is 9.84 Å². The highest BCUT2D eigenvalue weighted by Gasteiger charge is 2.36. The van der Waals surface area contributed by atoms with Gasteiger partial charge >= 0.3 is 12.1 Å². The number of carbonyl (C=O) groups excluding carboxylic acids is 2. The fraction of sp³-hybridized carbons (Fsp3) is 0.320. The van der Waals surface area contributed by atoms with Gasteiger partial charge in [-0.1, -0.05) is 61.4 Å².